The van der Waals surface area contributed by atoms with Crippen molar-refractivity contribution in [3.63, 3.8) is 0 Å². The zero-order valence-corrected chi connectivity index (χ0v) is 17.2. The van der Waals surface area contributed by atoms with Crippen LogP contribution in [0.2, 0.25) is 0 Å². The summed E-state index contributed by atoms with van der Waals surface area (Å²) in [5, 5.41) is 1.27. The molecule has 27 heavy (non-hydrogen) atoms. The van der Waals surface area contributed by atoms with E-state index in [-0.39, 0.29) is 12.1 Å². The number of halogens is 1. The van der Waals surface area contributed by atoms with Gasteiger partial charge in [0.05, 0.1) is 12.6 Å². The maximum atomic E-state index is 12.7. The number of aryl methyl sites for hydroxylation is 1. The minimum absolute atomic E-state index is 0.0358. The number of aromatic nitrogens is 1. The normalized spacial score (nSPS) is 16.4. The summed E-state index contributed by atoms with van der Waals surface area (Å²) in [6.45, 7) is 2.92. The zero-order valence-electron chi connectivity index (χ0n) is 15.6. The highest BCUT2D eigenvalue weighted by Crippen LogP contribution is 2.39. The fraction of sp³-hybridized carbons (Fsp3) is 0.318. The minimum Gasteiger partial charge on any atom is -0.450 e. The van der Waals surface area contributed by atoms with Gasteiger partial charge in [-0.2, -0.15) is 0 Å². The van der Waals surface area contributed by atoms with E-state index in [1.54, 1.807) is 0 Å². The SMILES string of the molecule is CCOC(=O)N1CCc2c(n(C)c3ccc(Br)cc23)C1Cc1ccccc1. The summed E-state index contributed by atoms with van der Waals surface area (Å²) in [4.78, 5) is 14.6. The van der Waals surface area contributed by atoms with Crippen LogP contribution in [0, 0.1) is 0 Å². The maximum Gasteiger partial charge on any atom is 0.410 e. The van der Waals surface area contributed by atoms with Gasteiger partial charge in [0.2, 0.25) is 0 Å². The monoisotopic (exact) mass is 426 g/mol. The third-order valence-corrected chi connectivity index (χ3v) is 5.88. The molecule has 0 bridgehead atoms. The number of rotatable bonds is 3. The number of benzene rings is 2. The van der Waals surface area contributed by atoms with Crippen molar-refractivity contribution in [2.75, 3.05) is 13.2 Å². The van der Waals surface area contributed by atoms with Gasteiger partial charge in [0.1, 0.15) is 0 Å². The summed E-state index contributed by atoms with van der Waals surface area (Å²) in [6.07, 6.45) is 1.39. The van der Waals surface area contributed by atoms with Gasteiger partial charge in [0, 0.05) is 34.7 Å². The lowest BCUT2D eigenvalue weighted by atomic mass is 9.93. The van der Waals surface area contributed by atoms with Crippen LogP contribution >= 0.6 is 15.9 Å². The molecule has 0 fully saturated rings. The lowest BCUT2D eigenvalue weighted by Crippen LogP contribution is -2.42. The van der Waals surface area contributed by atoms with Crippen LogP contribution in [-0.4, -0.2) is 28.7 Å². The first-order valence-corrected chi connectivity index (χ1v) is 10.1. The van der Waals surface area contributed by atoms with E-state index < -0.39 is 0 Å². The first kappa shape index (κ1) is 18.1. The topological polar surface area (TPSA) is 34.5 Å². The molecule has 0 N–H and O–H groups in total. The van der Waals surface area contributed by atoms with Crippen molar-refractivity contribution in [3.05, 3.63) is 69.8 Å². The molecule has 3 aromatic rings. The fourth-order valence-electron chi connectivity index (χ4n) is 4.20. The number of amides is 1. The molecule has 0 spiro atoms. The molecule has 0 saturated carbocycles. The molecule has 1 aliphatic heterocycles. The third kappa shape index (κ3) is 3.25. The standard InChI is InChI=1S/C22H23BrN2O2/c1-3-27-22(26)25-12-11-17-18-14-16(23)9-10-19(18)24(2)21(17)20(25)13-15-7-5-4-6-8-15/h4-10,14,20H,3,11-13H2,1-2H3. The Hall–Kier alpha value is -2.27. The fourth-order valence-corrected chi connectivity index (χ4v) is 4.57. The van der Waals surface area contributed by atoms with E-state index in [2.05, 4.69) is 57.9 Å². The predicted octanol–water partition coefficient (Wildman–Crippen LogP) is 5.24. The number of fused-ring (bicyclic) bond motifs is 3. The summed E-state index contributed by atoms with van der Waals surface area (Å²) in [7, 11) is 2.10. The van der Waals surface area contributed by atoms with Crippen LogP contribution in [-0.2, 0) is 24.6 Å². The van der Waals surface area contributed by atoms with Gasteiger partial charge in [-0.05, 0) is 49.1 Å². The Morgan fingerprint density at radius 1 is 1.22 bits per heavy atom. The predicted molar refractivity (Wildman–Crippen MR) is 111 cm³/mol. The molecule has 1 unspecified atom stereocenters. The van der Waals surface area contributed by atoms with Crippen molar-refractivity contribution in [2.24, 2.45) is 7.05 Å². The summed E-state index contributed by atoms with van der Waals surface area (Å²) < 4.78 is 8.69. The average molecular weight is 427 g/mol. The highest BCUT2D eigenvalue weighted by molar-refractivity contribution is 9.10. The van der Waals surface area contributed by atoms with Gasteiger partial charge in [0.25, 0.3) is 0 Å². The van der Waals surface area contributed by atoms with E-state index >= 15 is 0 Å². The molecule has 2 heterocycles. The van der Waals surface area contributed by atoms with Crippen molar-refractivity contribution < 1.29 is 9.53 Å². The molecule has 4 rings (SSSR count). The Morgan fingerprint density at radius 2 is 2.00 bits per heavy atom. The van der Waals surface area contributed by atoms with Crippen molar-refractivity contribution in [1.29, 1.82) is 0 Å². The number of hydrogen-bond donors (Lipinski definition) is 0. The number of nitrogens with zero attached hydrogens (tertiary/aromatic N) is 2. The zero-order chi connectivity index (χ0) is 19.0. The van der Waals surface area contributed by atoms with Gasteiger partial charge < -0.3 is 9.30 Å². The Labute approximate surface area is 167 Å². The summed E-state index contributed by atoms with van der Waals surface area (Å²) in [5.41, 5.74) is 4.98. The van der Waals surface area contributed by atoms with E-state index in [4.69, 9.17) is 4.74 Å². The van der Waals surface area contributed by atoms with E-state index in [0.717, 1.165) is 17.3 Å². The van der Waals surface area contributed by atoms with Crippen LogP contribution < -0.4 is 0 Å². The van der Waals surface area contributed by atoms with Crippen LogP contribution in [0.5, 0.6) is 0 Å². The molecule has 1 atom stereocenters. The van der Waals surface area contributed by atoms with Crippen molar-refractivity contribution in [2.45, 2.75) is 25.8 Å². The molecule has 1 aromatic heterocycles. The summed E-state index contributed by atoms with van der Waals surface area (Å²) >= 11 is 3.60. The van der Waals surface area contributed by atoms with Crippen LogP contribution in [0.25, 0.3) is 10.9 Å². The second kappa shape index (κ2) is 7.39. The second-order valence-corrected chi connectivity index (χ2v) is 7.85. The quantitative estimate of drug-likeness (QED) is 0.573. The molecule has 1 amide bonds. The van der Waals surface area contributed by atoms with Crippen LogP contribution in [0.3, 0.4) is 0 Å². The number of carbonyl (C=O) groups excluding carboxylic acids is 1. The Bertz CT molecular complexity index is 981. The third-order valence-electron chi connectivity index (χ3n) is 5.38. The lowest BCUT2D eigenvalue weighted by molar-refractivity contribution is 0.0849. The Balaban J connectivity index is 1.84. The van der Waals surface area contributed by atoms with E-state index in [9.17, 15) is 4.79 Å². The molecular weight excluding hydrogens is 404 g/mol. The molecule has 0 aliphatic carbocycles. The Kier molecular flexibility index (Phi) is 4.96. The molecular formula is C22H23BrN2O2. The minimum atomic E-state index is -0.226. The number of ether oxygens (including phenoxy) is 1. The summed E-state index contributed by atoms with van der Waals surface area (Å²) in [5.74, 6) is 0. The molecule has 2 aromatic carbocycles. The van der Waals surface area contributed by atoms with Gasteiger partial charge >= 0.3 is 6.09 Å². The van der Waals surface area contributed by atoms with Gasteiger partial charge in [-0.25, -0.2) is 4.79 Å². The highest BCUT2D eigenvalue weighted by Gasteiger charge is 2.35. The van der Waals surface area contributed by atoms with Crippen LogP contribution in [0.15, 0.2) is 53.0 Å². The van der Waals surface area contributed by atoms with Crippen LogP contribution in [0.1, 0.15) is 29.8 Å². The molecule has 140 valence electrons. The van der Waals surface area contributed by atoms with Crippen LogP contribution in [0.4, 0.5) is 4.79 Å². The number of carbonyl (C=O) groups is 1. The number of hydrogen-bond acceptors (Lipinski definition) is 2. The molecule has 0 saturated heterocycles. The van der Waals surface area contributed by atoms with Crippen molar-refractivity contribution in [1.82, 2.24) is 9.47 Å². The lowest BCUT2D eigenvalue weighted by Gasteiger charge is -2.36. The first-order valence-electron chi connectivity index (χ1n) is 9.34. The van der Waals surface area contributed by atoms with Gasteiger partial charge in [-0.1, -0.05) is 46.3 Å². The molecule has 5 heteroatoms. The van der Waals surface area contributed by atoms with Crippen molar-refractivity contribution >= 4 is 32.9 Å². The van der Waals surface area contributed by atoms with E-state index in [1.165, 1.54) is 27.7 Å². The molecule has 4 nitrogen and oxygen atoms in total. The molecule has 0 radical (unpaired) electrons. The molecule has 1 aliphatic rings. The second-order valence-electron chi connectivity index (χ2n) is 6.93. The average Bonchev–Trinajstić information content (AvgIpc) is 2.95. The highest BCUT2D eigenvalue weighted by atomic mass is 79.9. The van der Waals surface area contributed by atoms with E-state index in [1.807, 2.05) is 30.0 Å². The largest absolute Gasteiger partial charge is 0.450 e. The smallest absolute Gasteiger partial charge is 0.410 e. The van der Waals surface area contributed by atoms with Crippen molar-refractivity contribution in [3.8, 4) is 0 Å². The Morgan fingerprint density at radius 3 is 2.74 bits per heavy atom. The first-order chi connectivity index (χ1) is 13.1. The van der Waals surface area contributed by atoms with Gasteiger partial charge in [-0.3, -0.25) is 4.90 Å². The van der Waals surface area contributed by atoms with Gasteiger partial charge in [0.15, 0.2) is 0 Å². The summed E-state index contributed by atoms with van der Waals surface area (Å²) in [6, 6.07) is 16.7. The van der Waals surface area contributed by atoms with E-state index in [0.29, 0.717) is 13.2 Å². The van der Waals surface area contributed by atoms with Gasteiger partial charge in [-0.15, -0.1) is 0 Å². The maximum absolute atomic E-state index is 12.7.